The number of carbonyl (C=O) groups is 2. The highest BCUT2D eigenvalue weighted by molar-refractivity contribution is 6.32. The molecule has 2 saturated heterocycles. The third-order valence-corrected chi connectivity index (χ3v) is 6.26. The van der Waals surface area contributed by atoms with Crippen molar-refractivity contribution in [1.29, 1.82) is 0 Å². The molecule has 2 heterocycles. The second-order valence-electron chi connectivity index (χ2n) is 7.87. The van der Waals surface area contributed by atoms with Crippen molar-refractivity contribution in [3.8, 4) is 0 Å². The zero-order valence-electron chi connectivity index (χ0n) is 17.1. The third-order valence-electron chi connectivity index (χ3n) is 5.86. The van der Waals surface area contributed by atoms with Crippen molar-refractivity contribution >= 4 is 35.2 Å². The number of rotatable bonds is 5. The Hall–Kier alpha value is -2.47. The fourth-order valence-electron chi connectivity index (χ4n) is 4.05. The lowest BCUT2D eigenvalue weighted by molar-refractivity contribution is -0.123. The molecule has 156 valence electrons. The number of aryl methyl sites for hydroxylation is 1. The topological polar surface area (TPSA) is 43.9 Å². The van der Waals surface area contributed by atoms with E-state index >= 15 is 0 Å². The van der Waals surface area contributed by atoms with Gasteiger partial charge in [-0.3, -0.25) is 19.4 Å². The molecule has 0 N–H and O–H groups in total. The number of nitrogens with zero attached hydrogens (tertiary/aromatic N) is 3. The summed E-state index contributed by atoms with van der Waals surface area (Å²) >= 11 is 6.20. The van der Waals surface area contributed by atoms with Gasteiger partial charge in [0.15, 0.2) is 0 Å². The minimum Gasteiger partial charge on any atom is -0.297 e. The molecule has 2 fully saturated rings. The summed E-state index contributed by atoms with van der Waals surface area (Å²) in [5.74, 6) is -0.296. The molecule has 2 aliphatic heterocycles. The van der Waals surface area contributed by atoms with Gasteiger partial charge in [-0.1, -0.05) is 60.2 Å². The zero-order chi connectivity index (χ0) is 21.1. The van der Waals surface area contributed by atoms with E-state index in [1.165, 1.54) is 10.5 Å². The van der Waals surface area contributed by atoms with Gasteiger partial charge in [0.1, 0.15) is 0 Å². The van der Waals surface area contributed by atoms with Crippen molar-refractivity contribution in [1.82, 2.24) is 9.80 Å². The van der Waals surface area contributed by atoms with Crippen LogP contribution in [0.5, 0.6) is 0 Å². The molecule has 2 amide bonds. The zero-order valence-corrected chi connectivity index (χ0v) is 17.9. The van der Waals surface area contributed by atoms with E-state index in [4.69, 9.17) is 11.6 Å². The summed E-state index contributed by atoms with van der Waals surface area (Å²) in [5, 5.41) is 0.564. The van der Waals surface area contributed by atoms with Crippen LogP contribution in [-0.4, -0.2) is 60.4 Å². The van der Waals surface area contributed by atoms with Crippen LogP contribution in [0.15, 0.2) is 54.6 Å². The van der Waals surface area contributed by atoms with Crippen molar-refractivity contribution < 1.29 is 9.59 Å². The molecule has 0 spiro atoms. The summed E-state index contributed by atoms with van der Waals surface area (Å²) in [5.41, 5.74) is 2.68. The third kappa shape index (κ3) is 4.48. The minimum atomic E-state index is -0.375. The number of benzene rings is 2. The van der Waals surface area contributed by atoms with E-state index in [0.717, 1.165) is 38.3 Å². The second kappa shape index (κ2) is 9.13. The summed E-state index contributed by atoms with van der Waals surface area (Å²) in [7, 11) is 0. The Morgan fingerprint density at radius 1 is 1.03 bits per heavy atom. The smallest absolute Gasteiger partial charge is 0.251 e. The number of amides is 2. The van der Waals surface area contributed by atoms with Crippen LogP contribution in [0.2, 0.25) is 5.02 Å². The summed E-state index contributed by atoms with van der Waals surface area (Å²) in [4.78, 5) is 31.4. The van der Waals surface area contributed by atoms with Gasteiger partial charge in [0, 0.05) is 37.7 Å². The number of imide groups is 1. The highest BCUT2D eigenvalue weighted by Gasteiger charge is 2.43. The average Bonchev–Trinajstić information content (AvgIpc) is 3.05. The van der Waals surface area contributed by atoms with Gasteiger partial charge in [-0.05, 0) is 30.2 Å². The molecular weight excluding hydrogens is 398 g/mol. The van der Waals surface area contributed by atoms with Gasteiger partial charge >= 0.3 is 0 Å². The molecule has 6 heteroatoms. The summed E-state index contributed by atoms with van der Waals surface area (Å²) in [6, 6.07) is 15.2. The van der Waals surface area contributed by atoms with E-state index < -0.39 is 0 Å². The van der Waals surface area contributed by atoms with Crippen LogP contribution < -0.4 is 4.90 Å². The van der Waals surface area contributed by atoms with E-state index in [0.29, 0.717) is 10.7 Å². The van der Waals surface area contributed by atoms with Crippen LogP contribution in [-0.2, 0) is 9.59 Å². The maximum Gasteiger partial charge on any atom is 0.251 e. The van der Waals surface area contributed by atoms with Crippen molar-refractivity contribution in [2.24, 2.45) is 0 Å². The van der Waals surface area contributed by atoms with Crippen LogP contribution in [0.4, 0.5) is 5.69 Å². The van der Waals surface area contributed by atoms with E-state index in [1.54, 1.807) is 12.1 Å². The number of anilines is 1. The molecule has 2 aliphatic rings. The largest absolute Gasteiger partial charge is 0.297 e. The minimum absolute atomic E-state index is 0.141. The quantitative estimate of drug-likeness (QED) is 0.689. The Bertz CT molecular complexity index is 952. The van der Waals surface area contributed by atoms with Crippen molar-refractivity contribution in [3.63, 3.8) is 0 Å². The first-order chi connectivity index (χ1) is 14.5. The van der Waals surface area contributed by atoms with Gasteiger partial charge in [-0.15, -0.1) is 0 Å². The highest BCUT2D eigenvalue weighted by Crippen LogP contribution is 2.29. The van der Waals surface area contributed by atoms with Crippen LogP contribution in [0.3, 0.4) is 0 Å². The van der Waals surface area contributed by atoms with Gasteiger partial charge in [0.05, 0.1) is 18.2 Å². The number of piperazine rings is 1. The molecule has 0 aromatic heterocycles. The van der Waals surface area contributed by atoms with Crippen LogP contribution in [0.1, 0.15) is 17.5 Å². The monoisotopic (exact) mass is 423 g/mol. The van der Waals surface area contributed by atoms with E-state index in [-0.39, 0.29) is 24.3 Å². The summed E-state index contributed by atoms with van der Waals surface area (Å²) < 4.78 is 0. The molecule has 2 aromatic carbocycles. The maximum absolute atomic E-state index is 13.0. The van der Waals surface area contributed by atoms with Gasteiger partial charge in [0.25, 0.3) is 5.91 Å². The normalized spacial score (nSPS) is 21.1. The van der Waals surface area contributed by atoms with E-state index in [9.17, 15) is 9.59 Å². The standard InChI is InChI=1S/C24H26ClN3O2/c1-18-9-10-20(16-21(18)25)28-23(29)17-22(24(28)30)27-14-12-26(13-15-27)11-5-8-19-6-3-2-4-7-19/h2-10,16,22H,11-15,17H2,1H3/b8-5+/t22-/m0/s1. The molecule has 0 aliphatic carbocycles. The van der Waals surface area contributed by atoms with Gasteiger partial charge < -0.3 is 0 Å². The predicted octanol–water partition coefficient (Wildman–Crippen LogP) is 3.61. The predicted molar refractivity (Wildman–Crippen MR) is 121 cm³/mol. The molecule has 5 nitrogen and oxygen atoms in total. The Balaban J connectivity index is 1.33. The second-order valence-corrected chi connectivity index (χ2v) is 8.28. The van der Waals surface area contributed by atoms with Crippen LogP contribution >= 0.6 is 11.6 Å². The number of hydrogen-bond acceptors (Lipinski definition) is 4. The number of halogens is 1. The van der Waals surface area contributed by atoms with Gasteiger partial charge in [-0.25, -0.2) is 4.90 Å². The molecule has 0 saturated carbocycles. The summed E-state index contributed by atoms with van der Waals surface area (Å²) in [6.07, 6.45) is 4.55. The lowest BCUT2D eigenvalue weighted by Gasteiger charge is -2.36. The highest BCUT2D eigenvalue weighted by atomic mass is 35.5. The van der Waals surface area contributed by atoms with Crippen LogP contribution in [0.25, 0.3) is 6.08 Å². The van der Waals surface area contributed by atoms with Crippen LogP contribution in [0, 0.1) is 6.92 Å². The van der Waals surface area contributed by atoms with E-state index in [2.05, 4.69) is 34.1 Å². The molecule has 1 atom stereocenters. The first-order valence-corrected chi connectivity index (χ1v) is 10.7. The molecular formula is C24H26ClN3O2. The van der Waals surface area contributed by atoms with Crippen molar-refractivity contribution in [2.45, 2.75) is 19.4 Å². The van der Waals surface area contributed by atoms with Crippen molar-refractivity contribution in [3.05, 3.63) is 70.8 Å². The summed E-state index contributed by atoms with van der Waals surface area (Å²) in [6.45, 7) is 6.11. The maximum atomic E-state index is 13.0. The van der Waals surface area contributed by atoms with Gasteiger partial charge in [-0.2, -0.15) is 0 Å². The Labute approximate surface area is 182 Å². The fourth-order valence-corrected chi connectivity index (χ4v) is 4.23. The van der Waals surface area contributed by atoms with Crippen molar-refractivity contribution in [2.75, 3.05) is 37.6 Å². The Kier molecular flexibility index (Phi) is 6.32. The molecule has 0 bridgehead atoms. The Morgan fingerprint density at radius 3 is 2.47 bits per heavy atom. The molecule has 0 radical (unpaired) electrons. The SMILES string of the molecule is Cc1ccc(N2C(=O)C[C@H](N3CCN(C/C=C/c4ccccc4)CC3)C2=O)cc1Cl. The lowest BCUT2D eigenvalue weighted by atomic mass is 10.1. The number of hydrogen-bond donors (Lipinski definition) is 0. The average molecular weight is 424 g/mol. The van der Waals surface area contributed by atoms with E-state index in [1.807, 2.05) is 31.2 Å². The molecule has 0 unspecified atom stereocenters. The lowest BCUT2D eigenvalue weighted by Crippen LogP contribution is -2.52. The van der Waals surface area contributed by atoms with Gasteiger partial charge in [0.2, 0.25) is 5.91 Å². The molecule has 2 aromatic rings. The first-order valence-electron chi connectivity index (χ1n) is 10.3. The first kappa shape index (κ1) is 20.8. The number of carbonyl (C=O) groups excluding carboxylic acids is 2. The molecule has 30 heavy (non-hydrogen) atoms. The fraction of sp³-hybridized carbons (Fsp3) is 0.333. The molecule has 4 rings (SSSR count). The Morgan fingerprint density at radius 2 is 1.77 bits per heavy atom.